The topological polar surface area (TPSA) is 112 Å². The van der Waals surface area contributed by atoms with Crippen molar-refractivity contribution in [2.24, 2.45) is 0 Å². The van der Waals surface area contributed by atoms with Crippen LogP contribution in [-0.2, 0) is 10.0 Å². The predicted molar refractivity (Wildman–Crippen MR) is 129 cm³/mol. The third-order valence-corrected chi connectivity index (χ3v) is 7.47. The first kappa shape index (κ1) is 24.5. The number of carbonyl (C=O) groups excluding carboxylic acids is 2. The van der Waals surface area contributed by atoms with Crippen LogP contribution in [0.5, 0.6) is 0 Å². The van der Waals surface area contributed by atoms with E-state index < -0.39 is 27.7 Å². The number of anilines is 2. The Hall–Kier alpha value is -3.67. The van der Waals surface area contributed by atoms with Crippen LogP contribution in [0.25, 0.3) is 0 Å². The molecule has 11 heteroatoms. The van der Waals surface area contributed by atoms with Crippen molar-refractivity contribution >= 4 is 33.2 Å². The van der Waals surface area contributed by atoms with E-state index in [0.29, 0.717) is 26.2 Å². The van der Waals surface area contributed by atoms with Crippen molar-refractivity contribution in [3.8, 4) is 0 Å². The molecule has 2 heterocycles. The molecule has 0 saturated carbocycles. The van der Waals surface area contributed by atoms with Gasteiger partial charge in [-0.25, -0.2) is 12.8 Å². The SMILES string of the molecule is CN1CCN(S(=O)(=O)c2cccc(C(=O)Nc3cc(F)ccc3NC(=O)c3ccccn3)c2)CC1. The van der Waals surface area contributed by atoms with Crippen LogP contribution in [0.1, 0.15) is 20.8 Å². The summed E-state index contributed by atoms with van der Waals surface area (Å²) >= 11 is 0. The van der Waals surface area contributed by atoms with Crippen LogP contribution >= 0.6 is 0 Å². The van der Waals surface area contributed by atoms with Crippen molar-refractivity contribution in [2.75, 3.05) is 43.9 Å². The summed E-state index contributed by atoms with van der Waals surface area (Å²) in [6, 6.07) is 14.0. The second kappa shape index (κ2) is 10.3. The van der Waals surface area contributed by atoms with Crippen LogP contribution in [0, 0.1) is 5.82 Å². The molecular formula is C24H24FN5O4S. The highest BCUT2D eigenvalue weighted by Crippen LogP contribution is 2.25. The standard InChI is InChI=1S/C24H24FN5O4S/c1-29-11-13-30(14-12-29)35(33,34)19-6-4-5-17(15-19)23(31)28-22-16-18(25)8-9-20(22)27-24(32)21-7-2-3-10-26-21/h2-10,15-16H,11-14H2,1H3,(H,27,32)(H,28,31). The van der Waals surface area contributed by atoms with Crippen LogP contribution in [0.2, 0.25) is 0 Å². The number of sulfonamides is 1. The van der Waals surface area contributed by atoms with Crippen molar-refractivity contribution in [1.29, 1.82) is 0 Å². The number of rotatable bonds is 6. The molecule has 0 radical (unpaired) electrons. The van der Waals surface area contributed by atoms with E-state index in [0.717, 1.165) is 12.1 Å². The van der Waals surface area contributed by atoms with Crippen molar-refractivity contribution in [1.82, 2.24) is 14.2 Å². The average molecular weight is 498 g/mol. The molecule has 4 rings (SSSR count). The first-order chi connectivity index (χ1) is 16.7. The lowest BCUT2D eigenvalue weighted by Gasteiger charge is -2.31. The van der Waals surface area contributed by atoms with Crippen LogP contribution in [0.15, 0.2) is 71.8 Å². The van der Waals surface area contributed by atoms with Crippen molar-refractivity contribution in [3.63, 3.8) is 0 Å². The van der Waals surface area contributed by atoms with Gasteiger partial charge < -0.3 is 15.5 Å². The lowest BCUT2D eigenvalue weighted by atomic mass is 10.2. The summed E-state index contributed by atoms with van der Waals surface area (Å²) in [7, 11) is -1.85. The maximum absolute atomic E-state index is 13.9. The summed E-state index contributed by atoms with van der Waals surface area (Å²) in [5.74, 6) is -1.81. The number of likely N-dealkylation sites (N-methyl/N-ethyl adjacent to an activating group) is 1. The summed E-state index contributed by atoms with van der Waals surface area (Å²) in [5.41, 5.74) is 0.408. The molecule has 1 aliphatic rings. The van der Waals surface area contributed by atoms with Gasteiger partial charge in [0.25, 0.3) is 11.8 Å². The Labute approximate surface area is 202 Å². The van der Waals surface area contributed by atoms with E-state index in [4.69, 9.17) is 0 Å². The van der Waals surface area contributed by atoms with Gasteiger partial charge in [0.05, 0.1) is 16.3 Å². The van der Waals surface area contributed by atoms with Crippen LogP contribution in [0.3, 0.4) is 0 Å². The van der Waals surface area contributed by atoms with E-state index in [1.165, 1.54) is 46.9 Å². The Kier molecular flexibility index (Phi) is 7.20. The Balaban J connectivity index is 1.54. The maximum Gasteiger partial charge on any atom is 0.274 e. The van der Waals surface area contributed by atoms with Crippen LogP contribution < -0.4 is 10.6 Å². The number of pyridine rings is 1. The number of carbonyl (C=O) groups is 2. The smallest absolute Gasteiger partial charge is 0.274 e. The highest BCUT2D eigenvalue weighted by Gasteiger charge is 2.28. The highest BCUT2D eigenvalue weighted by atomic mass is 32.2. The Morgan fingerprint density at radius 2 is 1.63 bits per heavy atom. The summed E-state index contributed by atoms with van der Waals surface area (Å²) < 4.78 is 41.4. The zero-order valence-electron chi connectivity index (χ0n) is 18.9. The molecule has 9 nitrogen and oxygen atoms in total. The second-order valence-electron chi connectivity index (χ2n) is 8.05. The molecule has 2 amide bonds. The number of halogens is 1. The minimum absolute atomic E-state index is 0.00220. The minimum atomic E-state index is -3.77. The van der Waals surface area contributed by atoms with Gasteiger partial charge in [0.1, 0.15) is 11.5 Å². The molecule has 0 spiro atoms. The molecule has 1 saturated heterocycles. The summed E-state index contributed by atoms with van der Waals surface area (Å²) in [6.07, 6.45) is 1.46. The first-order valence-corrected chi connectivity index (χ1v) is 12.3. The number of amides is 2. The number of benzene rings is 2. The van der Waals surface area contributed by atoms with Crippen molar-refractivity contribution in [3.05, 3.63) is 83.9 Å². The molecule has 0 bridgehead atoms. The molecule has 0 aliphatic carbocycles. The lowest BCUT2D eigenvalue weighted by molar-refractivity contribution is 0.101. The van der Waals surface area contributed by atoms with Gasteiger partial charge in [-0.2, -0.15) is 4.31 Å². The lowest BCUT2D eigenvalue weighted by Crippen LogP contribution is -2.47. The third-order valence-electron chi connectivity index (χ3n) is 5.57. The van der Waals surface area contributed by atoms with Gasteiger partial charge in [-0.3, -0.25) is 14.6 Å². The van der Waals surface area contributed by atoms with E-state index in [1.54, 1.807) is 12.1 Å². The van der Waals surface area contributed by atoms with Gasteiger partial charge in [0, 0.05) is 37.9 Å². The van der Waals surface area contributed by atoms with Crippen molar-refractivity contribution in [2.45, 2.75) is 4.90 Å². The number of nitrogens with one attached hydrogen (secondary N) is 2. The van der Waals surface area contributed by atoms with Crippen LogP contribution in [-0.4, -0.2) is 67.6 Å². The van der Waals surface area contributed by atoms with Gasteiger partial charge in [-0.1, -0.05) is 12.1 Å². The quantitative estimate of drug-likeness (QED) is 0.542. The number of hydrogen-bond acceptors (Lipinski definition) is 6. The molecule has 1 aliphatic heterocycles. The molecule has 3 aromatic rings. The number of nitrogens with zero attached hydrogens (tertiary/aromatic N) is 3. The molecule has 2 aromatic carbocycles. The van der Waals surface area contributed by atoms with Gasteiger partial charge in [0.2, 0.25) is 10.0 Å². The van der Waals surface area contributed by atoms with E-state index >= 15 is 0 Å². The fourth-order valence-electron chi connectivity index (χ4n) is 3.58. The fourth-order valence-corrected chi connectivity index (χ4v) is 5.05. The largest absolute Gasteiger partial charge is 0.320 e. The monoisotopic (exact) mass is 497 g/mol. The number of hydrogen-bond donors (Lipinski definition) is 2. The van der Waals surface area contributed by atoms with E-state index in [-0.39, 0.29) is 27.5 Å². The predicted octanol–water partition coefficient (Wildman–Crippen LogP) is 2.66. The van der Waals surface area contributed by atoms with Gasteiger partial charge in [-0.15, -0.1) is 0 Å². The van der Waals surface area contributed by atoms with Gasteiger partial charge in [0.15, 0.2) is 0 Å². The number of piperazine rings is 1. The number of aromatic nitrogens is 1. The van der Waals surface area contributed by atoms with E-state index in [2.05, 4.69) is 15.6 Å². The highest BCUT2D eigenvalue weighted by molar-refractivity contribution is 7.89. The summed E-state index contributed by atoms with van der Waals surface area (Å²) in [5, 5.41) is 5.16. The molecule has 2 N–H and O–H groups in total. The Bertz CT molecular complexity index is 1340. The molecular weight excluding hydrogens is 473 g/mol. The fraction of sp³-hybridized carbons (Fsp3) is 0.208. The van der Waals surface area contributed by atoms with Crippen LogP contribution in [0.4, 0.5) is 15.8 Å². The molecule has 182 valence electrons. The Morgan fingerprint density at radius 3 is 2.34 bits per heavy atom. The third kappa shape index (κ3) is 5.70. The summed E-state index contributed by atoms with van der Waals surface area (Å²) in [4.78, 5) is 31.4. The summed E-state index contributed by atoms with van der Waals surface area (Å²) in [6.45, 7) is 1.95. The molecule has 0 atom stereocenters. The normalized spacial score (nSPS) is 14.9. The second-order valence-corrected chi connectivity index (χ2v) is 9.99. The van der Waals surface area contributed by atoms with Crippen molar-refractivity contribution < 1.29 is 22.4 Å². The van der Waals surface area contributed by atoms with E-state index in [9.17, 15) is 22.4 Å². The maximum atomic E-state index is 13.9. The van der Waals surface area contributed by atoms with Gasteiger partial charge in [-0.05, 0) is 55.6 Å². The minimum Gasteiger partial charge on any atom is -0.320 e. The molecule has 1 aromatic heterocycles. The van der Waals surface area contributed by atoms with E-state index in [1.807, 2.05) is 11.9 Å². The Morgan fingerprint density at radius 1 is 0.886 bits per heavy atom. The zero-order valence-corrected chi connectivity index (χ0v) is 19.8. The van der Waals surface area contributed by atoms with Gasteiger partial charge >= 0.3 is 0 Å². The zero-order chi connectivity index (χ0) is 25.0. The average Bonchev–Trinajstić information content (AvgIpc) is 2.86. The first-order valence-electron chi connectivity index (χ1n) is 10.9. The molecule has 0 unspecified atom stereocenters. The molecule has 35 heavy (non-hydrogen) atoms. The molecule has 1 fully saturated rings.